The fourth-order valence-corrected chi connectivity index (χ4v) is 8.01. The van der Waals surface area contributed by atoms with Crippen LogP contribution in [0.5, 0.6) is 0 Å². The quantitative estimate of drug-likeness (QED) is 0.255. The lowest BCUT2D eigenvalue weighted by Crippen LogP contribution is -2.51. The topological polar surface area (TPSA) is 66.5 Å². The highest BCUT2D eigenvalue weighted by atomic mass is 35.5. The normalized spacial score (nSPS) is 24.3. The Balaban J connectivity index is 1.57. The minimum absolute atomic E-state index is 0.179. The van der Waals surface area contributed by atoms with Crippen LogP contribution in [-0.4, -0.2) is 29.6 Å². The number of nitrogens with one attached hydrogen (secondary N) is 1. The summed E-state index contributed by atoms with van der Waals surface area (Å²) in [5, 5.41) is 5.46. The molecule has 1 amide bonds. The van der Waals surface area contributed by atoms with E-state index in [1.165, 1.54) is 17.4 Å². The zero-order chi connectivity index (χ0) is 27.8. The predicted molar refractivity (Wildman–Crippen MR) is 160 cm³/mol. The van der Waals surface area contributed by atoms with Crippen LogP contribution in [0.2, 0.25) is 10.0 Å². The fourth-order valence-electron chi connectivity index (χ4n) is 6.81. The number of ketones is 2. The van der Waals surface area contributed by atoms with Crippen LogP contribution in [0.1, 0.15) is 38.1 Å². The molecule has 1 spiro atoms. The largest absolute Gasteiger partial charge is 0.352 e. The lowest BCUT2D eigenvalue weighted by atomic mass is 9.64. The Morgan fingerprint density at radius 3 is 2.50 bits per heavy atom. The van der Waals surface area contributed by atoms with Gasteiger partial charge in [0.15, 0.2) is 11.6 Å². The number of para-hydroxylation sites is 2. The number of carbonyl (C=O) groups is 3. The molecule has 198 valence electrons. The second kappa shape index (κ2) is 9.16. The molecule has 1 saturated heterocycles. The van der Waals surface area contributed by atoms with E-state index in [0.29, 0.717) is 21.2 Å². The number of carbonyl (C=O) groups excluding carboxylic acids is 3. The van der Waals surface area contributed by atoms with Gasteiger partial charge in [0.1, 0.15) is 11.5 Å². The molecular weight excluding hydrogens is 563 g/mol. The number of benzene rings is 3. The van der Waals surface area contributed by atoms with Gasteiger partial charge in [-0.1, -0.05) is 71.7 Å². The monoisotopic (exact) mass is 584 g/mol. The maximum Gasteiger partial charge on any atom is 0.238 e. The fraction of sp³-hybridized carbons (Fsp3) is 0.156. The van der Waals surface area contributed by atoms with Gasteiger partial charge in [0.2, 0.25) is 5.91 Å². The first-order valence-corrected chi connectivity index (χ1v) is 14.5. The molecule has 1 N–H and O–H groups in total. The van der Waals surface area contributed by atoms with Crippen LogP contribution in [0, 0.1) is 5.92 Å². The third-order valence-corrected chi connectivity index (χ3v) is 9.83. The lowest BCUT2D eigenvalue weighted by Gasteiger charge is -2.39. The summed E-state index contributed by atoms with van der Waals surface area (Å²) in [6, 6.07) is 22.0. The zero-order valence-electron chi connectivity index (χ0n) is 21.2. The third-order valence-electron chi connectivity index (χ3n) is 8.40. The molecule has 8 heteroatoms. The van der Waals surface area contributed by atoms with Crippen LogP contribution in [0.3, 0.4) is 0 Å². The SMILES string of the molecule is CC1=C[C@@H]2N(c3ccccc31)[C@H](C(=O)c1cccs1)[C@@H](C(=O)c1ccc(Cl)cc1Cl)[C@@]21C(=O)Nc2ccccc21. The molecule has 40 heavy (non-hydrogen) atoms. The molecule has 3 aliphatic heterocycles. The standard InChI is InChI=1S/C32H22Cl2N2O3S/c1-17-15-26-32(21-8-3-4-9-23(21)35-31(32)39)27(29(37)20-13-12-18(33)16-22(20)34)28(30(38)25-11-6-14-40-25)36(26)24-10-5-2-7-19(17)24/h2-16,26-28H,1H3,(H,35,39)/t26-,27-,28-,32-/m0/s1. The van der Waals surface area contributed by atoms with Crippen molar-refractivity contribution in [3.05, 3.63) is 122 Å². The second-order valence-electron chi connectivity index (χ2n) is 10.3. The van der Waals surface area contributed by atoms with E-state index >= 15 is 0 Å². The zero-order valence-corrected chi connectivity index (χ0v) is 23.6. The van der Waals surface area contributed by atoms with Gasteiger partial charge in [-0.05, 0) is 59.8 Å². The molecule has 3 aromatic carbocycles. The average molecular weight is 586 g/mol. The minimum Gasteiger partial charge on any atom is -0.352 e. The molecule has 0 unspecified atom stereocenters. The van der Waals surface area contributed by atoms with Gasteiger partial charge in [0.25, 0.3) is 0 Å². The number of allylic oxidation sites excluding steroid dienone is 1. The number of rotatable bonds is 4. The summed E-state index contributed by atoms with van der Waals surface area (Å²) >= 11 is 14.1. The van der Waals surface area contributed by atoms with E-state index < -0.39 is 23.4 Å². The molecule has 4 aromatic rings. The van der Waals surface area contributed by atoms with Crippen LogP contribution in [0.15, 0.2) is 90.3 Å². The molecule has 1 aromatic heterocycles. The summed E-state index contributed by atoms with van der Waals surface area (Å²) < 4.78 is 0. The van der Waals surface area contributed by atoms with Gasteiger partial charge >= 0.3 is 0 Å². The van der Waals surface area contributed by atoms with Gasteiger partial charge in [0, 0.05) is 27.5 Å². The molecule has 3 aliphatic rings. The minimum atomic E-state index is -1.39. The van der Waals surface area contributed by atoms with Crippen molar-refractivity contribution in [3.63, 3.8) is 0 Å². The van der Waals surface area contributed by atoms with E-state index in [1.807, 2.05) is 77.9 Å². The molecule has 0 bridgehead atoms. The number of anilines is 2. The van der Waals surface area contributed by atoms with Crippen LogP contribution in [0.25, 0.3) is 5.57 Å². The number of Topliss-reactive ketones (excluding diaryl/α,β-unsaturated/α-hetero) is 2. The van der Waals surface area contributed by atoms with Crippen LogP contribution in [0.4, 0.5) is 11.4 Å². The van der Waals surface area contributed by atoms with Crippen molar-refractivity contribution < 1.29 is 14.4 Å². The smallest absolute Gasteiger partial charge is 0.238 e. The maximum atomic E-state index is 14.8. The molecule has 0 aliphatic carbocycles. The summed E-state index contributed by atoms with van der Waals surface area (Å²) in [5.41, 5.74) is 2.94. The van der Waals surface area contributed by atoms with Gasteiger partial charge in [-0.25, -0.2) is 0 Å². The number of fused-ring (bicyclic) bond motifs is 6. The highest BCUT2D eigenvalue weighted by Crippen LogP contribution is 2.59. The Labute approximate surface area is 245 Å². The summed E-state index contributed by atoms with van der Waals surface area (Å²) in [4.78, 5) is 46.2. The number of nitrogens with zero attached hydrogens (tertiary/aromatic N) is 1. The van der Waals surface area contributed by atoms with Crippen molar-refractivity contribution in [1.29, 1.82) is 0 Å². The molecule has 4 atom stereocenters. The number of halogens is 2. The highest BCUT2D eigenvalue weighted by molar-refractivity contribution is 7.12. The van der Waals surface area contributed by atoms with Gasteiger partial charge < -0.3 is 10.2 Å². The molecular formula is C32H22Cl2N2O3S. The Morgan fingerprint density at radius 1 is 0.950 bits per heavy atom. The van der Waals surface area contributed by atoms with Crippen molar-refractivity contribution in [1.82, 2.24) is 0 Å². The lowest BCUT2D eigenvalue weighted by molar-refractivity contribution is -0.121. The van der Waals surface area contributed by atoms with Crippen molar-refractivity contribution in [2.75, 3.05) is 10.2 Å². The Bertz CT molecular complexity index is 1770. The molecule has 0 radical (unpaired) electrons. The summed E-state index contributed by atoms with van der Waals surface area (Å²) in [6.45, 7) is 2.00. The average Bonchev–Trinajstić information content (AvgIpc) is 3.65. The molecule has 4 heterocycles. The summed E-state index contributed by atoms with van der Waals surface area (Å²) in [7, 11) is 0. The predicted octanol–water partition coefficient (Wildman–Crippen LogP) is 7.30. The Kier molecular flexibility index (Phi) is 5.79. The van der Waals surface area contributed by atoms with Gasteiger partial charge in [-0.15, -0.1) is 11.3 Å². The summed E-state index contributed by atoms with van der Waals surface area (Å²) in [6.07, 6.45) is 2.04. The maximum absolute atomic E-state index is 14.8. The Hall–Kier alpha value is -3.71. The van der Waals surface area contributed by atoms with Crippen molar-refractivity contribution in [3.8, 4) is 0 Å². The van der Waals surface area contributed by atoms with E-state index in [0.717, 1.165) is 16.8 Å². The molecule has 0 saturated carbocycles. The van der Waals surface area contributed by atoms with E-state index in [4.69, 9.17) is 23.2 Å². The third kappa shape index (κ3) is 3.36. The first-order chi connectivity index (χ1) is 19.3. The summed E-state index contributed by atoms with van der Waals surface area (Å²) in [5.74, 6) is -1.97. The second-order valence-corrected chi connectivity index (χ2v) is 12.1. The number of thiophene rings is 1. The van der Waals surface area contributed by atoms with E-state index in [1.54, 1.807) is 18.2 Å². The van der Waals surface area contributed by atoms with Crippen molar-refractivity contribution >= 4 is 69.0 Å². The van der Waals surface area contributed by atoms with Crippen LogP contribution >= 0.6 is 34.5 Å². The van der Waals surface area contributed by atoms with Gasteiger partial charge in [-0.2, -0.15) is 0 Å². The van der Waals surface area contributed by atoms with Gasteiger partial charge in [-0.3, -0.25) is 14.4 Å². The first-order valence-electron chi connectivity index (χ1n) is 12.9. The van der Waals surface area contributed by atoms with Crippen LogP contribution in [-0.2, 0) is 10.2 Å². The van der Waals surface area contributed by atoms with E-state index in [2.05, 4.69) is 5.32 Å². The van der Waals surface area contributed by atoms with Gasteiger partial charge in [0.05, 0.1) is 21.9 Å². The van der Waals surface area contributed by atoms with Crippen molar-refractivity contribution in [2.24, 2.45) is 5.92 Å². The van der Waals surface area contributed by atoms with Crippen LogP contribution < -0.4 is 10.2 Å². The number of hydrogen-bond acceptors (Lipinski definition) is 5. The molecule has 7 rings (SSSR count). The number of hydrogen-bond donors (Lipinski definition) is 1. The Morgan fingerprint density at radius 2 is 1.73 bits per heavy atom. The first kappa shape index (κ1) is 25.3. The number of amides is 1. The van der Waals surface area contributed by atoms with Crippen molar-refractivity contribution in [2.45, 2.75) is 24.4 Å². The molecule has 5 nitrogen and oxygen atoms in total. The van der Waals surface area contributed by atoms with E-state index in [9.17, 15) is 14.4 Å². The molecule has 1 fully saturated rings. The highest BCUT2D eigenvalue weighted by Gasteiger charge is 2.70. The van der Waals surface area contributed by atoms with E-state index in [-0.39, 0.29) is 28.1 Å².